The van der Waals surface area contributed by atoms with Gasteiger partial charge < -0.3 is 5.32 Å². The fourth-order valence-electron chi connectivity index (χ4n) is 2.25. The first-order chi connectivity index (χ1) is 9.65. The predicted molar refractivity (Wildman–Crippen MR) is 90.0 cm³/mol. The molecule has 0 saturated carbocycles. The summed E-state index contributed by atoms with van der Waals surface area (Å²) < 4.78 is 2.15. The van der Waals surface area contributed by atoms with E-state index in [1.807, 2.05) is 18.3 Å². The summed E-state index contributed by atoms with van der Waals surface area (Å²) >= 11 is 7.09. The van der Waals surface area contributed by atoms with Gasteiger partial charge in [-0.25, -0.2) is 0 Å². The van der Waals surface area contributed by atoms with Gasteiger partial charge in [0.25, 0.3) is 0 Å². The number of hydrogen-bond donors (Lipinski definition) is 2. The second-order valence-corrected chi connectivity index (χ2v) is 6.44. The van der Waals surface area contributed by atoms with Crippen LogP contribution >= 0.6 is 31.9 Å². The third kappa shape index (κ3) is 2.60. The van der Waals surface area contributed by atoms with E-state index in [0.29, 0.717) is 0 Å². The van der Waals surface area contributed by atoms with Gasteiger partial charge in [-0.15, -0.1) is 0 Å². The zero-order valence-electron chi connectivity index (χ0n) is 10.8. The molecule has 2 N–H and O–H groups in total. The second kappa shape index (κ2) is 5.58. The molecule has 1 atom stereocenters. The summed E-state index contributed by atoms with van der Waals surface area (Å²) in [5, 5.41) is 11.8. The Morgan fingerprint density at radius 3 is 2.85 bits per heavy atom. The Bertz CT molecular complexity index is 752. The minimum atomic E-state index is 0.186. The average Bonchev–Trinajstić information content (AvgIpc) is 2.87. The fraction of sp³-hybridized carbons (Fsp3) is 0.133. The number of anilines is 1. The van der Waals surface area contributed by atoms with Gasteiger partial charge in [-0.3, -0.25) is 5.10 Å². The Morgan fingerprint density at radius 1 is 1.20 bits per heavy atom. The van der Waals surface area contributed by atoms with Gasteiger partial charge in [0.15, 0.2) is 0 Å². The monoisotopic (exact) mass is 393 g/mol. The molecule has 0 spiro atoms. The van der Waals surface area contributed by atoms with E-state index in [9.17, 15) is 0 Å². The van der Waals surface area contributed by atoms with Crippen LogP contribution in [0.5, 0.6) is 0 Å². The summed E-state index contributed by atoms with van der Waals surface area (Å²) in [6.07, 6.45) is 1.83. The number of hydrogen-bond acceptors (Lipinski definition) is 2. The first-order valence-electron chi connectivity index (χ1n) is 6.29. The summed E-state index contributed by atoms with van der Waals surface area (Å²) in [5.41, 5.74) is 3.31. The number of halogens is 2. The van der Waals surface area contributed by atoms with E-state index < -0.39 is 0 Å². The van der Waals surface area contributed by atoms with Crippen molar-refractivity contribution in [3.63, 3.8) is 0 Å². The van der Waals surface area contributed by atoms with Crippen LogP contribution in [0, 0.1) is 0 Å². The number of H-pyrrole nitrogens is 1. The molecular weight excluding hydrogens is 382 g/mol. The van der Waals surface area contributed by atoms with E-state index in [1.165, 1.54) is 5.56 Å². The zero-order chi connectivity index (χ0) is 14.1. The van der Waals surface area contributed by atoms with Gasteiger partial charge in [-0.2, -0.15) is 5.10 Å². The second-order valence-electron chi connectivity index (χ2n) is 4.67. The molecule has 0 aliphatic rings. The van der Waals surface area contributed by atoms with Crippen molar-refractivity contribution >= 4 is 48.5 Å². The lowest BCUT2D eigenvalue weighted by atomic mass is 10.1. The Kier molecular flexibility index (Phi) is 3.81. The minimum Gasteiger partial charge on any atom is -0.377 e. The number of nitrogens with zero attached hydrogens (tertiary/aromatic N) is 1. The molecule has 1 heterocycles. The van der Waals surface area contributed by atoms with Crippen LogP contribution in [0.3, 0.4) is 0 Å². The lowest BCUT2D eigenvalue weighted by molar-refractivity contribution is 0.879. The van der Waals surface area contributed by atoms with Crippen molar-refractivity contribution in [1.82, 2.24) is 10.2 Å². The molecule has 0 aliphatic carbocycles. The Morgan fingerprint density at radius 2 is 2.05 bits per heavy atom. The van der Waals surface area contributed by atoms with E-state index in [-0.39, 0.29) is 6.04 Å². The molecule has 1 aromatic heterocycles. The molecule has 5 heteroatoms. The molecule has 3 aromatic rings. The van der Waals surface area contributed by atoms with E-state index >= 15 is 0 Å². The van der Waals surface area contributed by atoms with Crippen LogP contribution in [0.15, 0.2) is 51.5 Å². The first kappa shape index (κ1) is 13.6. The highest BCUT2D eigenvalue weighted by Crippen LogP contribution is 2.30. The Balaban J connectivity index is 1.92. The van der Waals surface area contributed by atoms with Crippen molar-refractivity contribution in [2.45, 2.75) is 13.0 Å². The standard InChI is InChI=1S/C15H13Br2N3/c1-9(12-6-5-11(16)7-13(12)17)19-14-4-2-3-10-8-18-20-15(10)14/h2-9,19H,1H3,(H,18,20). The van der Waals surface area contributed by atoms with Crippen molar-refractivity contribution in [3.8, 4) is 0 Å². The number of para-hydroxylation sites is 1. The molecular formula is C15H13Br2N3. The maximum absolute atomic E-state index is 4.09. The Hall–Kier alpha value is -1.33. The molecule has 0 fully saturated rings. The van der Waals surface area contributed by atoms with E-state index in [1.54, 1.807) is 0 Å². The summed E-state index contributed by atoms with van der Waals surface area (Å²) in [7, 11) is 0. The molecule has 3 nitrogen and oxygen atoms in total. The van der Waals surface area contributed by atoms with E-state index in [0.717, 1.165) is 25.5 Å². The summed E-state index contributed by atoms with van der Waals surface area (Å²) in [5.74, 6) is 0. The third-order valence-corrected chi connectivity index (χ3v) is 4.46. The quantitative estimate of drug-likeness (QED) is 0.635. The largest absolute Gasteiger partial charge is 0.377 e. The van der Waals surface area contributed by atoms with Crippen LogP contribution in [0.2, 0.25) is 0 Å². The SMILES string of the molecule is CC(Nc1cccc2cn[nH]c12)c1ccc(Br)cc1Br. The predicted octanol–water partition coefficient (Wildman–Crippen LogP) is 5.26. The molecule has 2 aromatic carbocycles. The van der Waals surface area contributed by atoms with Crippen LogP contribution in [0.1, 0.15) is 18.5 Å². The Labute approximate surface area is 134 Å². The molecule has 0 radical (unpaired) electrons. The summed E-state index contributed by atoms with van der Waals surface area (Å²) in [6.45, 7) is 2.14. The summed E-state index contributed by atoms with van der Waals surface area (Å²) in [6, 6.07) is 12.5. The molecule has 0 aliphatic heterocycles. The highest BCUT2D eigenvalue weighted by molar-refractivity contribution is 9.11. The molecule has 0 amide bonds. The van der Waals surface area contributed by atoms with Crippen molar-refractivity contribution in [2.75, 3.05) is 5.32 Å². The van der Waals surface area contributed by atoms with Gasteiger partial charge in [0.1, 0.15) is 0 Å². The highest BCUT2D eigenvalue weighted by atomic mass is 79.9. The molecule has 0 saturated heterocycles. The fourth-order valence-corrected chi connectivity index (χ4v) is 3.64. The van der Waals surface area contributed by atoms with Crippen LogP contribution in [0.25, 0.3) is 10.9 Å². The molecule has 20 heavy (non-hydrogen) atoms. The maximum atomic E-state index is 4.09. The van der Waals surface area contributed by atoms with Crippen molar-refractivity contribution < 1.29 is 0 Å². The number of nitrogens with one attached hydrogen (secondary N) is 2. The van der Waals surface area contributed by atoms with Crippen LogP contribution in [-0.2, 0) is 0 Å². The topological polar surface area (TPSA) is 40.7 Å². The van der Waals surface area contributed by atoms with Crippen LogP contribution < -0.4 is 5.32 Å². The van der Waals surface area contributed by atoms with E-state index in [4.69, 9.17) is 0 Å². The van der Waals surface area contributed by atoms with Gasteiger partial charge in [0.05, 0.1) is 17.4 Å². The molecule has 1 unspecified atom stereocenters. The van der Waals surface area contributed by atoms with Gasteiger partial charge in [-0.1, -0.05) is 50.1 Å². The maximum Gasteiger partial charge on any atom is 0.0881 e. The molecule has 3 rings (SSSR count). The highest BCUT2D eigenvalue weighted by Gasteiger charge is 2.11. The minimum absolute atomic E-state index is 0.186. The zero-order valence-corrected chi connectivity index (χ0v) is 14.0. The first-order valence-corrected chi connectivity index (χ1v) is 7.87. The number of fused-ring (bicyclic) bond motifs is 1. The molecule has 0 bridgehead atoms. The van der Waals surface area contributed by atoms with E-state index in [2.05, 4.69) is 78.6 Å². The molecule has 102 valence electrons. The van der Waals surface area contributed by atoms with Crippen molar-refractivity contribution in [3.05, 3.63) is 57.1 Å². The van der Waals surface area contributed by atoms with Gasteiger partial charge in [-0.05, 0) is 30.7 Å². The smallest absolute Gasteiger partial charge is 0.0881 e. The number of rotatable bonds is 3. The van der Waals surface area contributed by atoms with Gasteiger partial charge in [0, 0.05) is 20.4 Å². The lowest BCUT2D eigenvalue weighted by Crippen LogP contribution is -2.07. The van der Waals surface area contributed by atoms with Crippen LogP contribution in [-0.4, -0.2) is 10.2 Å². The number of aromatic nitrogens is 2. The lowest BCUT2D eigenvalue weighted by Gasteiger charge is -2.18. The van der Waals surface area contributed by atoms with Crippen LogP contribution in [0.4, 0.5) is 5.69 Å². The normalized spacial score (nSPS) is 12.6. The number of aromatic amines is 1. The van der Waals surface area contributed by atoms with Crippen molar-refractivity contribution in [1.29, 1.82) is 0 Å². The van der Waals surface area contributed by atoms with Gasteiger partial charge >= 0.3 is 0 Å². The summed E-state index contributed by atoms with van der Waals surface area (Å²) in [4.78, 5) is 0. The third-order valence-electron chi connectivity index (χ3n) is 3.28. The average molecular weight is 395 g/mol. The number of benzene rings is 2. The van der Waals surface area contributed by atoms with Crippen molar-refractivity contribution in [2.24, 2.45) is 0 Å². The van der Waals surface area contributed by atoms with Gasteiger partial charge in [0.2, 0.25) is 0 Å².